The molecule has 3 aliphatic rings. The van der Waals surface area contributed by atoms with Crippen molar-refractivity contribution in [3.8, 4) is 0 Å². The van der Waals surface area contributed by atoms with Crippen LogP contribution >= 0.6 is 0 Å². The predicted octanol–water partition coefficient (Wildman–Crippen LogP) is 2.02. The molecule has 2 aliphatic carbocycles. The van der Waals surface area contributed by atoms with Crippen molar-refractivity contribution in [1.82, 2.24) is 10.2 Å². The zero-order chi connectivity index (χ0) is 12.4. The lowest BCUT2D eigenvalue weighted by molar-refractivity contribution is -0.0337. The van der Waals surface area contributed by atoms with Crippen molar-refractivity contribution in [1.29, 1.82) is 0 Å². The van der Waals surface area contributed by atoms with Gasteiger partial charge in [-0.2, -0.15) is 0 Å². The lowest BCUT2D eigenvalue weighted by Gasteiger charge is -2.44. The molecule has 0 aromatic rings. The van der Waals surface area contributed by atoms with Crippen LogP contribution in [0.15, 0.2) is 0 Å². The molecule has 1 heterocycles. The summed E-state index contributed by atoms with van der Waals surface area (Å²) in [4.78, 5) is 2.60. The lowest BCUT2D eigenvalue weighted by atomic mass is 9.80. The van der Waals surface area contributed by atoms with E-state index in [4.69, 9.17) is 4.74 Å². The summed E-state index contributed by atoms with van der Waals surface area (Å²) in [6.45, 7) is 4.31. The molecule has 2 saturated carbocycles. The number of hydrogen-bond donors (Lipinski definition) is 1. The predicted molar refractivity (Wildman–Crippen MR) is 73.8 cm³/mol. The van der Waals surface area contributed by atoms with Crippen LogP contribution in [0.1, 0.15) is 44.9 Å². The van der Waals surface area contributed by atoms with Gasteiger partial charge in [-0.3, -0.25) is 0 Å². The molecule has 3 nitrogen and oxygen atoms in total. The molecule has 3 heteroatoms. The van der Waals surface area contributed by atoms with E-state index in [0.717, 1.165) is 31.8 Å². The van der Waals surface area contributed by atoms with E-state index in [2.05, 4.69) is 17.3 Å². The molecule has 1 unspecified atom stereocenters. The summed E-state index contributed by atoms with van der Waals surface area (Å²) >= 11 is 0. The van der Waals surface area contributed by atoms with Gasteiger partial charge in [0.15, 0.2) is 0 Å². The van der Waals surface area contributed by atoms with Crippen molar-refractivity contribution in [3.05, 3.63) is 0 Å². The summed E-state index contributed by atoms with van der Waals surface area (Å²) in [6, 6.07) is 1.67. The Kier molecular flexibility index (Phi) is 3.92. The first-order chi connectivity index (χ1) is 8.77. The van der Waals surface area contributed by atoms with E-state index in [9.17, 15) is 0 Å². The molecule has 0 amide bonds. The Balaban J connectivity index is 1.55. The van der Waals surface area contributed by atoms with Crippen molar-refractivity contribution in [2.45, 2.75) is 57.0 Å². The Hall–Kier alpha value is -0.120. The molecule has 104 valence electrons. The van der Waals surface area contributed by atoms with E-state index in [-0.39, 0.29) is 0 Å². The van der Waals surface area contributed by atoms with Gasteiger partial charge in [0.1, 0.15) is 0 Å². The maximum Gasteiger partial charge on any atom is 0.0546 e. The largest absolute Gasteiger partial charge is 0.381 e. The van der Waals surface area contributed by atoms with E-state index in [1.54, 1.807) is 0 Å². The quantitative estimate of drug-likeness (QED) is 0.783. The molecule has 3 fully saturated rings. The third kappa shape index (κ3) is 3.06. The van der Waals surface area contributed by atoms with E-state index >= 15 is 0 Å². The van der Waals surface area contributed by atoms with Crippen LogP contribution < -0.4 is 5.32 Å². The molecule has 0 radical (unpaired) electrons. The standard InChI is InChI=1S/C15H28N2O/c1-17(14-4-2-5-14)11-15(8-3-9-18-12-15)10-16-13-6-7-13/h13-14,16H,2-12H2,1H3. The van der Waals surface area contributed by atoms with Gasteiger partial charge < -0.3 is 15.0 Å². The molecule has 0 bridgehead atoms. The molecule has 0 spiro atoms. The minimum absolute atomic E-state index is 0.380. The molecule has 0 aromatic carbocycles. The topological polar surface area (TPSA) is 24.5 Å². The lowest BCUT2D eigenvalue weighted by Crippen LogP contribution is -2.51. The molecule has 1 aliphatic heterocycles. The van der Waals surface area contributed by atoms with Crippen LogP contribution in [0.5, 0.6) is 0 Å². The normalized spacial score (nSPS) is 33.7. The van der Waals surface area contributed by atoms with Crippen LogP contribution in [-0.4, -0.2) is 50.3 Å². The fourth-order valence-electron chi connectivity index (χ4n) is 3.36. The maximum atomic E-state index is 5.80. The van der Waals surface area contributed by atoms with E-state index in [1.807, 2.05) is 0 Å². The first-order valence-electron chi connectivity index (χ1n) is 7.79. The highest BCUT2D eigenvalue weighted by atomic mass is 16.5. The van der Waals surface area contributed by atoms with Crippen molar-refractivity contribution < 1.29 is 4.74 Å². The zero-order valence-corrected chi connectivity index (χ0v) is 11.8. The Morgan fingerprint density at radius 3 is 2.61 bits per heavy atom. The molecular weight excluding hydrogens is 224 g/mol. The Labute approximate surface area is 111 Å². The summed E-state index contributed by atoms with van der Waals surface area (Å²) in [5, 5.41) is 3.74. The fourth-order valence-corrected chi connectivity index (χ4v) is 3.36. The average molecular weight is 252 g/mol. The number of nitrogens with zero attached hydrogens (tertiary/aromatic N) is 1. The number of nitrogens with one attached hydrogen (secondary N) is 1. The smallest absolute Gasteiger partial charge is 0.0546 e. The van der Waals surface area contributed by atoms with Crippen LogP contribution in [0.4, 0.5) is 0 Å². The molecule has 0 aromatic heterocycles. The highest BCUT2D eigenvalue weighted by Gasteiger charge is 2.37. The summed E-state index contributed by atoms with van der Waals surface area (Å²) in [5.41, 5.74) is 0.380. The molecular formula is C15H28N2O. The minimum Gasteiger partial charge on any atom is -0.381 e. The SMILES string of the molecule is CN(CC1(CNC2CC2)CCCOC1)C1CCC1. The summed E-state index contributed by atoms with van der Waals surface area (Å²) in [7, 11) is 2.32. The van der Waals surface area contributed by atoms with Crippen LogP contribution in [0.25, 0.3) is 0 Å². The minimum atomic E-state index is 0.380. The second-order valence-corrected chi connectivity index (χ2v) is 6.81. The summed E-state index contributed by atoms with van der Waals surface area (Å²) in [5.74, 6) is 0. The van der Waals surface area contributed by atoms with Crippen molar-refractivity contribution in [2.75, 3.05) is 33.4 Å². The molecule has 3 rings (SSSR count). The van der Waals surface area contributed by atoms with E-state index < -0.39 is 0 Å². The van der Waals surface area contributed by atoms with Gasteiger partial charge in [0.05, 0.1) is 6.61 Å². The second-order valence-electron chi connectivity index (χ2n) is 6.81. The number of ether oxygens (including phenoxy) is 1. The van der Waals surface area contributed by atoms with Crippen LogP contribution in [0.2, 0.25) is 0 Å². The second kappa shape index (κ2) is 5.48. The fraction of sp³-hybridized carbons (Fsp3) is 1.00. The Morgan fingerprint density at radius 2 is 2.06 bits per heavy atom. The highest BCUT2D eigenvalue weighted by molar-refractivity contribution is 4.92. The average Bonchev–Trinajstić information content (AvgIpc) is 3.09. The van der Waals surface area contributed by atoms with Gasteiger partial charge in [0.25, 0.3) is 0 Å². The van der Waals surface area contributed by atoms with Crippen molar-refractivity contribution in [3.63, 3.8) is 0 Å². The van der Waals surface area contributed by atoms with Crippen LogP contribution in [-0.2, 0) is 4.74 Å². The zero-order valence-electron chi connectivity index (χ0n) is 11.8. The van der Waals surface area contributed by atoms with Gasteiger partial charge in [0.2, 0.25) is 0 Å². The number of rotatable bonds is 6. The first-order valence-corrected chi connectivity index (χ1v) is 7.79. The Bertz CT molecular complexity index is 268. The number of hydrogen-bond acceptors (Lipinski definition) is 3. The summed E-state index contributed by atoms with van der Waals surface area (Å²) < 4.78 is 5.80. The monoisotopic (exact) mass is 252 g/mol. The molecule has 1 atom stereocenters. The van der Waals surface area contributed by atoms with Crippen molar-refractivity contribution in [2.24, 2.45) is 5.41 Å². The van der Waals surface area contributed by atoms with Crippen LogP contribution in [0, 0.1) is 5.41 Å². The van der Waals surface area contributed by atoms with Gasteiger partial charge in [-0.05, 0) is 45.6 Å². The highest BCUT2D eigenvalue weighted by Crippen LogP contribution is 2.33. The third-order valence-electron chi connectivity index (χ3n) is 5.03. The van der Waals surface area contributed by atoms with E-state index in [0.29, 0.717) is 5.41 Å². The summed E-state index contributed by atoms with van der Waals surface area (Å²) in [6.07, 6.45) is 9.59. The molecule has 1 N–H and O–H groups in total. The molecule has 18 heavy (non-hydrogen) atoms. The van der Waals surface area contributed by atoms with Gasteiger partial charge >= 0.3 is 0 Å². The third-order valence-corrected chi connectivity index (χ3v) is 5.03. The Morgan fingerprint density at radius 1 is 1.22 bits per heavy atom. The van der Waals surface area contributed by atoms with Crippen molar-refractivity contribution >= 4 is 0 Å². The maximum absolute atomic E-state index is 5.80. The van der Waals surface area contributed by atoms with E-state index in [1.165, 1.54) is 51.5 Å². The van der Waals surface area contributed by atoms with Crippen LogP contribution in [0.3, 0.4) is 0 Å². The molecule has 1 saturated heterocycles. The first kappa shape index (κ1) is 12.9. The van der Waals surface area contributed by atoms with Gasteiger partial charge in [-0.1, -0.05) is 6.42 Å². The van der Waals surface area contributed by atoms with Gasteiger partial charge in [-0.25, -0.2) is 0 Å². The van der Waals surface area contributed by atoms with Gasteiger partial charge in [0, 0.05) is 37.2 Å². The van der Waals surface area contributed by atoms with Gasteiger partial charge in [-0.15, -0.1) is 0 Å².